The van der Waals surface area contributed by atoms with Crippen LogP contribution < -0.4 is 0 Å². The van der Waals surface area contributed by atoms with E-state index in [2.05, 4.69) is 16.2 Å². The third-order valence-electron chi connectivity index (χ3n) is 3.94. The Morgan fingerprint density at radius 3 is 1.97 bits per heavy atom. The highest BCUT2D eigenvalue weighted by molar-refractivity contribution is 8.18. The molecule has 2 aromatic carbocycles. The Hall–Kier alpha value is -2.48. The zero-order valence-electron chi connectivity index (χ0n) is 19.2. The van der Waals surface area contributed by atoms with Crippen LogP contribution in [0.3, 0.4) is 0 Å². The molecule has 0 radical (unpaired) electrons. The lowest BCUT2D eigenvalue weighted by Gasteiger charge is -2.08. The predicted octanol–water partition coefficient (Wildman–Crippen LogP) is 3.67. The normalized spacial score (nSPS) is 14.1. The molecule has 0 saturated carbocycles. The number of benzene rings is 2. The van der Waals surface area contributed by atoms with Crippen molar-refractivity contribution in [3.63, 3.8) is 0 Å². The zero-order chi connectivity index (χ0) is 25.7. The fourth-order valence-corrected chi connectivity index (χ4v) is 5.91. The van der Waals surface area contributed by atoms with Gasteiger partial charge in [0.1, 0.15) is 20.6 Å². The first-order valence-corrected chi connectivity index (χ1v) is 15.5. The van der Waals surface area contributed by atoms with Crippen molar-refractivity contribution in [2.24, 2.45) is 10.3 Å². The molecule has 1 unspecified atom stereocenters. The number of rotatable bonds is 11. The number of carbonyl (C=O) groups is 1. The van der Waals surface area contributed by atoms with Crippen molar-refractivity contribution < 1.29 is 30.7 Å². The van der Waals surface area contributed by atoms with Gasteiger partial charge in [-0.25, -0.2) is 9.00 Å². The number of hydrogen-bond donors (Lipinski definition) is 0. The van der Waals surface area contributed by atoms with E-state index in [9.17, 15) is 17.4 Å². The topological polar surface area (TPSA) is 121 Å². The Balaban J connectivity index is 1.84. The maximum Gasteiger partial charge on any atom is 0.366 e. The molecule has 0 bridgehead atoms. The molecule has 0 N–H and O–H groups in total. The van der Waals surface area contributed by atoms with Crippen molar-refractivity contribution in [2.45, 2.75) is 18.4 Å². The molecule has 1 atom stereocenters. The average molecular weight is 559 g/mol. The Kier molecular flexibility index (Phi) is 11.6. The van der Waals surface area contributed by atoms with Crippen molar-refractivity contribution in [1.29, 1.82) is 0 Å². The number of nitrogens with zero attached hydrogens (tertiary/aromatic N) is 2. The molecule has 0 amide bonds. The highest BCUT2D eigenvalue weighted by atomic mass is 32.2. The van der Waals surface area contributed by atoms with E-state index in [1.165, 1.54) is 18.9 Å². The van der Waals surface area contributed by atoms with Gasteiger partial charge >= 0.3 is 16.1 Å². The van der Waals surface area contributed by atoms with Crippen molar-refractivity contribution in [3.8, 4) is 0 Å². The summed E-state index contributed by atoms with van der Waals surface area (Å²) in [7, 11) is -5.74. The SMILES string of the molecule is C=S(=O)(Cc1ccccc1)O/N=C(\SCCS/C(C)=N\OS(=O)(=O)Cc1ccccc1)C(=O)OC. The molecular formula is C22H26N2O7S4. The third-order valence-corrected chi connectivity index (χ3v) is 8.13. The zero-order valence-corrected chi connectivity index (χ0v) is 22.5. The van der Waals surface area contributed by atoms with E-state index in [0.717, 1.165) is 17.3 Å². The van der Waals surface area contributed by atoms with Crippen LogP contribution in [0, 0.1) is 0 Å². The Morgan fingerprint density at radius 2 is 1.40 bits per heavy atom. The van der Waals surface area contributed by atoms with Gasteiger partial charge in [-0.3, -0.25) is 4.28 Å². The maximum atomic E-state index is 12.6. The summed E-state index contributed by atoms with van der Waals surface area (Å²) in [6.45, 7) is 1.60. The van der Waals surface area contributed by atoms with Crippen LogP contribution >= 0.6 is 23.5 Å². The van der Waals surface area contributed by atoms with Gasteiger partial charge in [0.25, 0.3) is 0 Å². The quantitative estimate of drug-likeness (QED) is 0.102. The first-order chi connectivity index (χ1) is 16.6. The van der Waals surface area contributed by atoms with Gasteiger partial charge in [-0.1, -0.05) is 82.7 Å². The second kappa shape index (κ2) is 14.2. The molecule has 13 heteroatoms. The van der Waals surface area contributed by atoms with Crippen LogP contribution in [-0.4, -0.2) is 53.2 Å². The lowest BCUT2D eigenvalue weighted by atomic mass is 10.2. The molecule has 0 saturated heterocycles. The number of methoxy groups -OCH3 is 1. The fraction of sp³-hybridized carbons (Fsp3) is 0.273. The minimum atomic E-state index is -3.87. The van der Waals surface area contributed by atoms with Gasteiger partial charge in [0, 0.05) is 11.5 Å². The largest absolute Gasteiger partial charge is 0.464 e. The lowest BCUT2D eigenvalue weighted by Crippen LogP contribution is -2.15. The number of ether oxygens (including phenoxy) is 1. The van der Waals surface area contributed by atoms with Gasteiger partial charge in [-0.05, 0) is 23.9 Å². The monoisotopic (exact) mass is 558 g/mol. The molecule has 0 aliphatic heterocycles. The van der Waals surface area contributed by atoms with E-state index in [0.29, 0.717) is 22.1 Å². The maximum absolute atomic E-state index is 12.6. The Labute approximate surface area is 214 Å². The molecule has 2 aromatic rings. The van der Waals surface area contributed by atoms with Crippen LogP contribution in [0.5, 0.6) is 0 Å². The summed E-state index contributed by atoms with van der Waals surface area (Å²) in [4.78, 5) is 12.0. The molecule has 9 nitrogen and oxygen atoms in total. The van der Waals surface area contributed by atoms with Crippen molar-refractivity contribution >= 4 is 65.4 Å². The van der Waals surface area contributed by atoms with E-state index in [4.69, 9.17) is 13.3 Å². The summed E-state index contributed by atoms with van der Waals surface area (Å²) >= 11 is 2.26. The lowest BCUT2D eigenvalue weighted by molar-refractivity contribution is -0.132. The summed E-state index contributed by atoms with van der Waals surface area (Å²) < 4.78 is 51.2. The van der Waals surface area contributed by atoms with Gasteiger partial charge in [-0.2, -0.15) is 8.42 Å². The molecule has 0 aliphatic rings. The van der Waals surface area contributed by atoms with Gasteiger partial charge in [-0.15, -0.1) is 11.8 Å². The molecular weight excluding hydrogens is 533 g/mol. The highest BCUT2D eigenvalue weighted by Crippen LogP contribution is 2.15. The summed E-state index contributed by atoms with van der Waals surface area (Å²) in [5.74, 6) is 3.40. The smallest absolute Gasteiger partial charge is 0.366 e. The number of hydrogen-bond acceptors (Lipinski definition) is 11. The molecule has 0 spiro atoms. The molecule has 2 rings (SSSR count). The minimum Gasteiger partial charge on any atom is -0.464 e. The molecule has 190 valence electrons. The first-order valence-electron chi connectivity index (χ1n) is 10.1. The molecule has 0 heterocycles. The number of esters is 1. The second-order valence-corrected chi connectivity index (χ2v) is 12.8. The Morgan fingerprint density at radius 1 is 0.857 bits per heavy atom. The van der Waals surface area contributed by atoms with Crippen LogP contribution in [0.4, 0.5) is 0 Å². The van der Waals surface area contributed by atoms with Crippen LogP contribution in [0.2, 0.25) is 0 Å². The minimum absolute atomic E-state index is 0.0369. The molecule has 0 aromatic heterocycles. The van der Waals surface area contributed by atoms with Crippen molar-refractivity contribution in [3.05, 3.63) is 71.8 Å². The molecule has 0 fully saturated rings. The van der Waals surface area contributed by atoms with Gasteiger partial charge in [0.15, 0.2) is 0 Å². The van der Waals surface area contributed by atoms with Gasteiger partial charge in [0.05, 0.1) is 12.9 Å². The van der Waals surface area contributed by atoms with E-state index >= 15 is 0 Å². The summed E-state index contributed by atoms with van der Waals surface area (Å²) in [6, 6.07) is 17.6. The second-order valence-electron chi connectivity index (χ2n) is 6.91. The van der Waals surface area contributed by atoms with E-state index < -0.39 is 25.9 Å². The number of thioether (sulfide) groups is 2. The van der Waals surface area contributed by atoms with Crippen LogP contribution in [0.25, 0.3) is 0 Å². The van der Waals surface area contributed by atoms with Crippen LogP contribution in [0.15, 0.2) is 71.0 Å². The van der Waals surface area contributed by atoms with E-state index in [1.807, 2.05) is 6.07 Å². The fourth-order valence-electron chi connectivity index (χ4n) is 2.43. The highest BCUT2D eigenvalue weighted by Gasteiger charge is 2.16. The molecule has 35 heavy (non-hydrogen) atoms. The summed E-state index contributed by atoms with van der Waals surface area (Å²) in [5, 5.41) is 7.64. The van der Waals surface area contributed by atoms with E-state index in [1.54, 1.807) is 61.5 Å². The van der Waals surface area contributed by atoms with E-state index in [-0.39, 0.29) is 16.5 Å². The van der Waals surface area contributed by atoms with Crippen LogP contribution in [0.1, 0.15) is 18.1 Å². The van der Waals surface area contributed by atoms with Crippen LogP contribution in [-0.2, 0) is 49.5 Å². The first kappa shape index (κ1) is 28.8. The van der Waals surface area contributed by atoms with Crippen molar-refractivity contribution in [1.82, 2.24) is 0 Å². The number of carbonyl (C=O) groups excluding carboxylic acids is 1. The summed E-state index contributed by atoms with van der Waals surface area (Å²) in [5.41, 5.74) is 1.35. The molecule has 0 aliphatic carbocycles. The van der Waals surface area contributed by atoms with Crippen molar-refractivity contribution in [2.75, 3.05) is 18.6 Å². The van der Waals surface area contributed by atoms with Gasteiger partial charge < -0.3 is 9.02 Å². The van der Waals surface area contributed by atoms with Gasteiger partial charge in [0.2, 0.25) is 5.04 Å². The standard InChI is InChI=1S/C22H26N2O7S4/c1-18(23-31-35(27,28)17-20-12-8-5-9-13-20)32-14-15-33-21(22(25)29-2)24-30-34(3,26)16-19-10-6-4-7-11-19/h4-13H,3,14-17H2,1-2H3/b23-18-,24-21-. The third kappa shape index (κ3) is 11.7. The predicted molar refractivity (Wildman–Crippen MR) is 144 cm³/mol. The average Bonchev–Trinajstić information content (AvgIpc) is 2.82. The number of oxime groups is 2. The summed E-state index contributed by atoms with van der Waals surface area (Å²) in [6.07, 6.45) is 0. The Bertz CT molecular complexity index is 1230.